The number of hydrogen-bond donors (Lipinski definition) is 3. The van der Waals surface area contributed by atoms with Gasteiger partial charge in [-0.3, -0.25) is 4.40 Å². The molecule has 3 saturated carbocycles. The molecule has 0 unspecified atom stereocenters. The normalized spacial score (nSPS) is 24.5. The van der Waals surface area contributed by atoms with Crippen LogP contribution in [0.25, 0.3) is 16.9 Å². The SMILES string of the molecule is Cc1cc(C)c(S(=O)(=O)NC23CCC(CO)(C2)C3)cc1-c1cnc2c(N)nc(C(F)(F)F)cn12. The van der Waals surface area contributed by atoms with E-state index in [1.807, 2.05) is 0 Å². The average molecular weight is 496 g/mol. The van der Waals surface area contributed by atoms with Gasteiger partial charge in [-0.05, 0) is 62.1 Å². The Labute approximate surface area is 194 Å². The number of aryl methyl sites for hydroxylation is 2. The monoisotopic (exact) mass is 495 g/mol. The third-order valence-electron chi connectivity index (χ3n) is 7.14. The summed E-state index contributed by atoms with van der Waals surface area (Å²) in [4.78, 5) is 7.56. The number of fused-ring (bicyclic) bond motifs is 2. The predicted octanol–water partition coefficient (Wildman–Crippen LogP) is 3.20. The lowest BCUT2D eigenvalue weighted by molar-refractivity contribution is -0.141. The number of alkyl halides is 3. The molecule has 1 aromatic carbocycles. The first-order chi connectivity index (χ1) is 15.8. The van der Waals surface area contributed by atoms with E-state index >= 15 is 0 Å². The number of halogens is 3. The second-order valence-electron chi connectivity index (χ2n) is 9.68. The second-order valence-corrected chi connectivity index (χ2v) is 11.3. The largest absolute Gasteiger partial charge is 0.434 e. The predicted molar refractivity (Wildman–Crippen MR) is 118 cm³/mol. The number of benzene rings is 1. The maximum atomic E-state index is 13.4. The van der Waals surface area contributed by atoms with Gasteiger partial charge in [-0.2, -0.15) is 13.2 Å². The van der Waals surface area contributed by atoms with E-state index < -0.39 is 27.4 Å². The zero-order valence-corrected chi connectivity index (χ0v) is 19.4. The van der Waals surface area contributed by atoms with E-state index in [-0.39, 0.29) is 34.1 Å². The second kappa shape index (κ2) is 7.15. The highest BCUT2D eigenvalue weighted by atomic mass is 32.2. The van der Waals surface area contributed by atoms with Crippen molar-refractivity contribution >= 4 is 21.5 Å². The van der Waals surface area contributed by atoms with Crippen LogP contribution in [0, 0.1) is 19.3 Å². The standard InChI is InChI=1S/C22H24F3N5O3S/c1-12-5-13(2)16(34(32,33)29-21-4-3-20(9-21,10-21)11-31)6-14(12)15-7-27-19-18(26)28-17(8-30(15)19)22(23,24)25/h5-8,29,31H,3-4,9-11H2,1-2H3,(H2,26,28). The number of imidazole rings is 1. The molecule has 0 amide bonds. The van der Waals surface area contributed by atoms with Crippen molar-refractivity contribution in [3.05, 3.63) is 41.3 Å². The average Bonchev–Trinajstić information content (AvgIpc) is 3.38. The Morgan fingerprint density at radius 2 is 1.91 bits per heavy atom. The van der Waals surface area contributed by atoms with Crippen LogP contribution in [0.15, 0.2) is 29.4 Å². The van der Waals surface area contributed by atoms with Crippen molar-refractivity contribution < 1.29 is 26.7 Å². The molecule has 0 aliphatic heterocycles. The van der Waals surface area contributed by atoms with Crippen LogP contribution in [0.1, 0.15) is 42.5 Å². The van der Waals surface area contributed by atoms with Crippen LogP contribution in [0.2, 0.25) is 0 Å². The molecule has 0 saturated heterocycles. The van der Waals surface area contributed by atoms with Gasteiger partial charge in [-0.25, -0.2) is 23.1 Å². The molecule has 3 aliphatic rings. The van der Waals surface area contributed by atoms with Gasteiger partial charge in [-0.1, -0.05) is 6.07 Å². The Hall–Kier alpha value is -2.70. The summed E-state index contributed by atoms with van der Waals surface area (Å²) in [5, 5.41) is 9.62. The summed E-state index contributed by atoms with van der Waals surface area (Å²) < 4.78 is 70.8. The van der Waals surface area contributed by atoms with Gasteiger partial charge in [0.25, 0.3) is 0 Å². The van der Waals surface area contributed by atoms with Gasteiger partial charge in [0, 0.05) is 23.9 Å². The molecule has 3 aromatic rings. The van der Waals surface area contributed by atoms with E-state index in [0.717, 1.165) is 12.6 Å². The molecular formula is C22H24F3N5O3S. The molecule has 2 aromatic heterocycles. The van der Waals surface area contributed by atoms with Crippen LogP contribution in [0.4, 0.5) is 19.0 Å². The third-order valence-corrected chi connectivity index (χ3v) is 8.86. The quantitative estimate of drug-likeness (QED) is 0.500. The molecule has 3 fully saturated rings. The molecule has 2 bridgehead atoms. The smallest absolute Gasteiger partial charge is 0.396 e. The Kier molecular flexibility index (Phi) is 4.85. The molecule has 0 spiro atoms. The van der Waals surface area contributed by atoms with Crippen LogP contribution in [-0.2, 0) is 16.2 Å². The fourth-order valence-electron chi connectivity index (χ4n) is 5.64. The highest BCUT2D eigenvalue weighted by molar-refractivity contribution is 7.89. The molecule has 0 radical (unpaired) electrons. The molecule has 0 atom stereocenters. The van der Waals surface area contributed by atoms with Crippen LogP contribution >= 0.6 is 0 Å². The van der Waals surface area contributed by atoms with Gasteiger partial charge in [-0.15, -0.1) is 0 Å². The number of aromatic nitrogens is 3. The lowest BCUT2D eigenvalue weighted by atomic mass is 9.66. The van der Waals surface area contributed by atoms with E-state index in [1.54, 1.807) is 19.9 Å². The molecule has 8 nitrogen and oxygen atoms in total. The lowest BCUT2D eigenvalue weighted by Crippen LogP contribution is -2.56. The van der Waals surface area contributed by atoms with Crippen LogP contribution in [0.3, 0.4) is 0 Å². The molecule has 6 rings (SSSR count). The number of hydrogen-bond acceptors (Lipinski definition) is 6. The number of rotatable bonds is 5. The highest BCUT2D eigenvalue weighted by Gasteiger charge is 2.61. The molecule has 3 aliphatic carbocycles. The number of nitrogens with one attached hydrogen (secondary N) is 1. The van der Waals surface area contributed by atoms with E-state index in [9.17, 15) is 26.7 Å². The Morgan fingerprint density at radius 1 is 1.21 bits per heavy atom. The number of nitrogens with zero attached hydrogens (tertiary/aromatic N) is 3. The number of aliphatic hydroxyl groups is 1. The van der Waals surface area contributed by atoms with Crippen molar-refractivity contribution in [1.82, 2.24) is 19.1 Å². The van der Waals surface area contributed by atoms with Crippen molar-refractivity contribution in [1.29, 1.82) is 0 Å². The Morgan fingerprint density at radius 3 is 2.53 bits per heavy atom. The summed E-state index contributed by atoms with van der Waals surface area (Å²) in [5.41, 5.74) is 5.70. The fraction of sp³-hybridized carbons (Fsp3) is 0.455. The minimum atomic E-state index is -4.71. The summed E-state index contributed by atoms with van der Waals surface area (Å²) in [7, 11) is -3.93. The Balaban J connectivity index is 1.59. The minimum Gasteiger partial charge on any atom is -0.396 e. The fourth-order valence-corrected chi connectivity index (χ4v) is 7.32. The van der Waals surface area contributed by atoms with Crippen LogP contribution in [0.5, 0.6) is 0 Å². The maximum absolute atomic E-state index is 13.4. The molecule has 182 valence electrons. The minimum absolute atomic E-state index is 0.0381. The number of anilines is 1. The third kappa shape index (κ3) is 3.46. The van der Waals surface area contributed by atoms with Gasteiger partial charge in [0.15, 0.2) is 17.2 Å². The molecule has 4 N–H and O–H groups in total. The molecule has 34 heavy (non-hydrogen) atoms. The summed E-state index contributed by atoms with van der Waals surface area (Å²) in [6.07, 6.45) is 0.0534. The van der Waals surface area contributed by atoms with Gasteiger partial charge in [0.2, 0.25) is 10.0 Å². The van der Waals surface area contributed by atoms with E-state index in [4.69, 9.17) is 5.73 Å². The first-order valence-electron chi connectivity index (χ1n) is 10.8. The van der Waals surface area contributed by atoms with Gasteiger partial charge >= 0.3 is 6.18 Å². The van der Waals surface area contributed by atoms with Crippen molar-refractivity contribution in [2.75, 3.05) is 12.3 Å². The van der Waals surface area contributed by atoms with Crippen molar-refractivity contribution in [3.63, 3.8) is 0 Å². The maximum Gasteiger partial charge on any atom is 0.434 e. The zero-order valence-electron chi connectivity index (χ0n) is 18.6. The van der Waals surface area contributed by atoms with Crippen LogP contribution < -0.4 is 10.5 Å². The van der Waals surface area contributed by atoms with Gasteiger partial charge in [0.05, 0.1) is 16.8 Å². The molecule has 2 heterocycles. The molecular weight excluding hydrogens is 471 g/mol. The lowest BCUT2D eigenvalue weighted by Gasteiger charge is -2.46. The van der Waals surface area contributed by atoms with Crippen LogP contribution in [-0.4, -0.2) is 40.0 Å². The first-order valence-corrected chi connectivity index (χ1v) is 12.2. The van der Waals surface area contributed by atoms with Crippen molar-refractivity contribution in [2.45, 2.75) is 56.1 Å². The summed E-state index contributed by atoms with van der Waals surface area (Å²) >= 11 is 0. The number of sulfonamides is 1. The summed E-state index contributed by atoms with van der Waals surface area (Å²) in [6.45, 7) is 3.46. The van der Waals surface area contributed by atoms with Gasteiger partial charge in [0.1, 0.15) is 0 Å². The van der Waals surface area contributed by atoms with Crippen molar-refractivity contribution in [2.24, 2.45) is 5.41 Å². The van der Waals surface area contributed by atoms with E-state index in [1.165, 1.54) is 16.7 Å². The number of aliphatic hydroxyl groups excluding tert-OH is 1. The van der Waals surface area contributed by atoms with E-state index in [2.05, 4.69) is 14.7 Å². The first kappa shape index (κ1) is 23.1. The van der Waals surface area contributed by atoms with Crippen molar-refractivity contribution in [3.8, 4) is 11.3 Å². The zero-order chi connectivity index (χ0) is 24.7. The Bertz CT molecular complexity index is 1430. The number of nitrogen functional groups attached to an aromatic ring is 1. The summed E-state index contributed by atoms with van der Waals surface area (Å²) in [6, 6.07) is 3.15. The summed E-state index contributed by atoms with van der Waals surface area (Å²) in [5.74, 6) is -0.377. The van der Waals surface area contributed by atoms with Gasteiger partial charge < -0.3 is 10.8 Å². The highest BCUT2D eigenvalue weighted by Crippen LogP contribution is 2.61. The number of nitrogens with two attached hydrogens (primary N) is 1. The van der Waals surface area contributed by atoms with E-state index in [0.29, 0.717) is 36.0 Å². The molecule has 12 heteroatoms. The topological polar surface area (TPSA) is 123 Å².